The lowest BCUT2D eigenvalue weighted by Gasteiger charge is -2.22. The first-order valence-electron chi connectivity index (χ1n) is 6.79. The lowest BCUT2D eigenvalue weighted by Crippen LogP contribution is -2.38. The van der Waals surface area contributed by atoms with E-state index >= 15 is 0 Å². The Morgan fingerprint density at radius 3 is 2.89 bits per heavy atom. The highest BCUT2D eigenvalue weighted by molar-refractivity contribution is 5.95. The fraction of sp³-hybridized carbons (Fsp3) is 0.533. The molecule has 0 spiro atoms. The summed E-state index contributed by atoms with van der Waals surface area (Å²) >= 11 is 0. The molecule has 1 unspecified atom stereocenters. The summed E-state index contributed by atoms with van der Waals surface area (Å²) in [5, 5.41) is 3.43. The van der Waals surface area contributed by atoms with Gasteiger partial charge < -0.3 is 10.2 Å². The van der Waals surface area contributed by atoms with E-state index in [9.17, 15) is 4.79 Å². The summed E-state index contributed by atoms with van der Waals surface area (Å²) in [6.45, 7) is 3.97. The zero-order valence-electron chi connectivity index (χ0n) is 11.3. The van der Waals surface area contributed by atoms with Gasteiger partial charge in [0, 0.05) is 25.2 Å². The third kappa shape index (κ3) is 2.91. The summed E-state index contributed by atoms with van der Waals surface area (Å²) in [6, 6.07) is 8.37. The molecule has 0 radical (unpaired) electrons. The van der Waals surface area contributed by atoms with Gasteiger partial charge in [-0.15, -0.1) is 0 Å². The van der Waals surface area contributed by atoms with Gasteiger partial charge in [0.25, 0.3) is 5.91 Å². The molecule has 0 aromatic heterocycles. The van der Waals surface area contributed by atoms with Gasteiger partial charge in [-0.05, 0) is 37.4 Å². The molecular formula is C15H22N2O. The molecule has 1 aliphatic heterocycles. The Labute approximate surface area is 109 Å². The van der Waals surface area contributed by atoms with E-state index in [1.54, 1.807) is 0 Å². The molecule has 1 fully saturated rings. The summed E-state index contributed by atoms with van der Waals surface area (Å²) in [5.41, 5.74) is 1.98. The molecular weight excluding hydrogens is 224 g/mol. The number of nitrogens with one attached hydrogen (secondary N) is 1. The van der Waals surface area contributed by atoms with Gasteiger partial charge in [0.2, 0.25) is 0 Å². The number of carbonyl (C=O) groups is 1. The standard InChI is InChI=1S/C15H22N2O/c1-3-12-7-4-5-9-14(12)15(18)17(2)11-13-8-6-10-16-13/h4-5,7,9,13,16H,3,6,8,10-11H2,1-2H3. The Kier molecular flexibility index (Phi) is 4.37. The van der Waals surface area contributed by atoms with E-state index in [-0.39, 0.29) is 5.91 Å². The van der Waals surface area contributed by atoms with Gasteiger partial charge in [0.15, 0.2) is 0 Å². The molecule has 1 aromatic carbocycles. The number of hydrogen-bond donors (Lipinski definition) is 1. The smallest absolute Gasteiger partial charge is 0.253 e. The Bertz CT molecular complexity index is 411. The number of nitrogens with zero attached hydrogens (tertiary/aromatic N) is 1. The van der Waals surface area contributed by atoms with Crippen molar-refractivity contribution in [2.24, 2.45) is 0 Å². The van der Waals surface area contributed by atoms with Gasteiger partial charge in [-0.25, -0.2) is 0 Å². The van der Waals surface area contributed by atoms with Crippen molar-refractivity contribution < 1.29 is 4.79 Å². The minimum absolute atomic E-state index is 0.140. The van der Waals surface area contributed by atoms with Crippen LogP contribution in [0.5, 0.6) is 0 Å². The minimum Gasteiger partial charge on any atom is -0.340 e. The first-order chi connectivity index (χ1) is 8.72. The molecule has 2 rings (SSSR count). The van der Waals surface area contributed by atoms with E-state index in [2.05, 4.69) is 12.2 Å². The number of amides is 1. The molecule has 1 N–H and O–H groups in total. The maximum atomic E-state index is 12.4. The van der Waals surface area contributed by atoms with Gasteiger partial charge >= 0.3 is 0 Å². The predicted molar refractivity (Wildman–Crippen MR) is 73.8 cm³/mol. The van der Waals surface area contributed by atoms with Crippen molar-refractivity contribution in [3.8, 4) is 0 Å². The van der Waals surface area contributed by atoms with E-state index in [1.165, 1.54) is 12.8 Å². The maximum absolute atomic E-state index is 12.4. The van der Waals surface area contributed by atoms with E-state index in [1.807, 2.05) is 36.2 Å². The molecule has 1 aliphatic rings. The van der Waals surface area contributed by atoms with Crippen molar-refractivity contribution in [3.05, 3.63) is 35.4 Å². The molecule has 18 heavy (non-hydrogen) atoms. The Balaban J connectivity index is 2.05. The molecule has 1 atom stereocenters. The van der Waals surface area contributed by atoms with Crippen molar-refractivity contribution in [2.75, 3.05) is 20.1 Å². The van der Waals surface area contributed by atoms with Gasteiger partial charge in [-0.1, -0.05) is 25.1 Å². The molecule has 0 bridgehead atoms. The maximum Gasteiger partial charge on any atom is 0.253 e. The molecule has 1 saturated heterocycles. The summed E-state index contributed by atoms with van der Waals surface area (Å²) in [5.74, 6) is 0.140. The number of benzene rings is 1. The highest BCUT2D eigenvalue weighted by atomic mass is 16.2. The first kappa shape index (κ1) is 13.1. The summed E-state index contributed by atoms with van der Waals surface area (Å²) < 4.78 is 0. The predicted octanol–water partition coefficient (Wildman–Crippen LogP) is 2.07. The third-order valence-electron chi connectivity index (χ3n) is 3.63. The average molecular weight is 246 g/mol. The SMILES string of the molecule is CCc1ccccc1C(=O)N(C)CC1CCCN1. The number of likely N-dealkylation sites (N-methyl/N-ethyl adjacent to an activating group) is 1. The van der Waals surface area contributed by atoms with Crippen molar-refractivity contribution in [1.82, 2.24) is 10.2 Å². The van der Waals surface area contributed by atoms with Crippen LogP contribution >= 0.6 is 0 Å². The number of hydrogen-bond acceptors (Lipinski definition) is 2. The zero-order valence-corrected chi connectivity index (χ0v) is 11.3. The second-order valence-electron chi connectivity index (χ2n) is 4.99. The minimum atomic E-state index is 0.140. The van der Waals surface area contributed by atoms with Crippen LogP contribution in [0.15, 0.2) is 24.3 Å². The van der Waals surface area contributed by atoms with Crippen LogP contribution < -0.4 is 5.32 Å². The monoisotopic (exact) mass is 246 g/mol. The summed E-state index contributed by atoms with van der Waals surface area (Å²) in [4.78, 5) is 14.3. The highest BCUT2D eigenvalue weighted by Crippen LogP contribution is 2.13. The molecule has 1 aromatic rings. The molecule has 1 amide bonds. The van der Waals surface area contributed by atoms with Crippen molar-refractivity contribution in [3.63, 3.8) is 0 Å². The fourth-order valence-electron chi connectivity index (χ4n) is 2.57. The third-order valence-corrected chi connectivity index (χ3v) is 3.63. The quantitative estimate of drug-likeness (QED) is 0.882. The van der Waals surface area contributed by atoms with Gasteiger partial charge in [-0.2, -0.15) is 0 Å². The highest BCUT2D eigenvalue weighted by Gasteiger charge is 2.20. The van der Waals surface area contributed by atoms with Crippen molar-refractivity contribution in [2.45, 2.75) is 32.2 Å². The van der Waals surface area contributed by atoms with Crippen molar-refractivity contribution in [1.29, 1.82) is 0 Å². The van der Waals surface area contributed by atoms with Crippen LogP contribution in [0.3, 0.4) is 0 Å². The summed E-state index contributed by atoms with van der Waals surface area (Å²) in [7, 11) is 1.90. The largest absolute Gasteiger partial charge is 0.340 e. The Morgan fingerprint density at radius 2 is 2.22 bits per heavy atom. The molecule has 3 heteroatoms. The van der Waals surface area contributed by atoms with E-state index in [4.69, 9.17) is 0 Å². The summed E-state index contributed by atoms with van der Waals surface area (Å²) in [6.07, 6.45) is 3.29. The van der Waals surface area contributed by atoms with E-state index in [0.29, 0.717) is 6.04 Å². The second-order valence-corrected chi connectivity index (χ2v) is 4.99. The van der Waals surface area contributed by atoms with Crippen molar-refractivity contribution >= 4 is 5.91 Å². The molecule has 0 aliphatic carbocycles. The van der Waals surface area contributed by atoms with Crippen LogP contribution in [0, 0.1) is 0 Å². The van der Waals surface area contributed by atoms with Crippen LogP contribution in [0.25, 0.3) is 0 Å². The van der Waals surface area contributed by atoms with E-state index in [0.717, 1.165) is 30.6 Å². The van der Waals surface area contributed by atoms with E-state index < -0.39 is 0 Å². The number of carbonyl (C=O) groups excluding carboxylic acids is 1. The molecule has 0 saturated carbocycles. The normalized spacial score (nSPS) is 18.9. The fourth-order valence-corrected chi connectivity index (χ4v) is 2.57. The molecule has 1 heterocycles. The first-order valence-corrected chi connectivity index (χ1v) is 6.79. The topological polar surface area (TPSA) is 32.3 Å². The molecule has 98 valence electrons. The zero-order chi connectivity index (χ0) is 13.0. The lowest BCUT2D eigenvalue weighted by molar-refractivity contribution is 0.0783. The van der Waals surface area contributed by atoms with Crippen LogP contribution in [0.1, 0.15) is 35.7 Å². The van der Waals surface area contributed by atoms with Crippen LogP contribution in [0.4, 0.5) is 0 Å². The Morgan fingerprint density at radius 1 is 1.44 bits per heavy atom. The number of rotatable bonds is 4. The van der Waals surface area contributed by atoms with Crippen LogP contribution in [0.2, 0.25) is 0 Å². The van der Waals surface area contributed by atoms with Gasteiger partial charge in [-0.3, -0.25) is 4.79 Å². The Hall–Kier alpha value is -1.35. The van der Waals surface area contributed by atoms with Gasteiger partial charge in [0.1, 0.15) is 0 Å². The molecule has 3 nitrogen and oxygen atoms in total. The number of aryl methyl sites for hydroxylation is 1. The van der Waals surface area contributed by atoms with Gasteiger partial charge in [0.05, 0.1) is 0 Å². The second kappa shape index (κ2) is 6.01. The average Bonchev–Trinajstić information content (AvgIpc) is 2.90. The van der Waals surface area contributed by atoms with Crippen LogP contribution in [-0.2, 0) is 6.42 Å². The van der Waals surface area contributed by atoms with Crippen LogP contribution in [-0.4, -0.2) is 37.0 Å². The lowest BCUT2D eigenvalue weighted by atomic mass is 10.0.